The number of anilines is 1. The van der Waals surface area contributed by atoms with Crippen LogP contribution in [0.4, 0.5) is 5.69 Å². The number of nitrogens with two attached hydrogens (primary N) is 1. The van der Waals surface area contributed by atoms with Crippen molar-refractivity contribution in [3.8, 4) is 0 Å². The highest BCUT2D eigenvalue weighted by molar-refractivity contribution is 5.98. The summed E-state index contributed by atoms with van der Waals surface area (Å²) in [5.74, 6) is -0.388. The van der Waals surface area contributed by atoms with E-state index < -0.39 is 11.6 Å². The second-order valence-corrected chi connectivity index (χ2v) is 6.11. The van der Waals surface area contributed by atoms with Gasteiger partial charge in [-0.15, -0.1) is 12.4 Å². The molecule has 1 aliphatic heterocycles. The molecule has 4 N–H and O–H groups in total. The first-order chi connectivity index (χ1) is 10.4. The SMILES string of the molecule is CC(C)(CN)NC(=O)c1cccc(NC(=O)C2CCCO2)c1.Cl. The Bertz CT molecular complexity index is 557. The number of nitrogens with one attached hydrogen (secondary N) is 2. The largest absolute Gasteiger partial charge is 0.368 e. The fourth-order valence-electron chi connectivity index (χ4n) is 2.18. The number of rotatable bonds is 5. The van der Waals surface area contributed by atoms with Crippen molar-refractivity contribution in [3.05, 3.63) is 29.8 Å². The van der Waals surface area contributed by atoms with Gasteiger partial charge in [-0.3, -0.25) is 9.59 Å². The maximum absolute atomic E-state index is 12.2. The molecule has 1 unspecified atom stereocenters. The molecule has 1 aromatic rings. The van der Waals surface area contributed by atoms with E-state index in [0.717, 1.165) is 12.8 Å². The minimum atomic E-state index is -0.478. The summed E-state index contributed by atoms with van der Waals surface area (Å²) in [4.78, 5) is 24.2. The molecule has 1 fully saturated rings. The maximum Gasteiger partial charge on any atom is 0.253 e. The van der Waals surface area contributed by atoms with Crippen LogP contribution in [0.25, 0.3) is 0 Å². The lowest BCUT2D eigenvalue weighted by Gasteiger charge is -2.24. The van der Waals surface area contributed by atoms with Crippen LogP contribution in [0.1, 0.15) is 37.0 Å². The summed E-state index contributed by atoms with van der Waals surface area (Å²) in [7, 11) is 0. The average Bonchev–Trinajstić information content (AvgIpc) is 3.01. The van der Waals surface area contributed by atoms with Gasteiger partial charge in [-0.2, -0.15) is 0 Å². The number of benzene rings is 1. The van der Waals surface area contributed by atoms with Gasteiger partial charge in [0.15, 0.2) is 0 Å². The Balaban J connectivity index is 0.00000264. The van der Waals surface area contributed by atoms with Gasteiger partial charge in [-0.25, -0.2) is 0 Å². The molecule has 1 atom stereocenters. The molecule has 0 bridgehead atoms. The fourth-order valence-corrected chi connectivity index (χ4v) is 2.18. The van der Waals surface area contributed by atoms with Crippen LogP contribution in [0.2, 0.25) is 0 Å². The lowest BCUT2D eigenvalue weighted by Crippen LogP contribution is -2.48. The number of halogens is 1. The first kappa shape index (κ1) is 19.4. The first-order valence-corrected chi connectivity index (χ1v) is 7.46. The molecular weight excluding hydrogens is 318 g/mol. The Morgan fingerprint density at radius 2 is 2.13 bits per heavy atom. The Morgan fingerprint density at radius 1 is 1.39 bits per heavy atom. The van der Waals surface area contributed by atoms with E-state index in [9.17, 15) is 9.59 Å². The molecule has 1 saturated heterocycles. The van der Waals surface area contributed by atoms with E-state index in [4.69, 9.17) is 10.5 Å². The van der Waals surface area contributed by atoms with Gasteiger partial charge < -0.3 is 21.1 Å². The molecule has 1 heterocycles. The third kappa shape index (κ3) is 5.49. The predicted octanol–water partition coefficient (Wildman–Crippen LogP) is 1.69. The highest BCUT2D eigenvalue weighted by atomic mass is 35.5. The molecule has 128 valence electrons. The molecule has 0 radical (unpaired) electrons. The van der Waals surface area contributed by atoms with Crippen LogP contribution in [-0.2, 0) is 9.53 Å². The minimum absolute atomic E-state index is 0. The van der Waals surface area contributed by atoms with Gasteiger partial charge in [-0.1, -0.05) is 6.07 Å². The fraction of sp³-hybridized carbons (Fsp3) is 0.500. The number of carbonyl (C=O) groups excluding carboxylic acids is 2. The Morgan fingerprint density at radius 3 is 2.74 bits per heavy atom. The van der Waals surface area contributed by atoms with E-state index in [0.29, 0.717) is 24.4 Å². The van der Waals surface area contributed by atoms with E-state index in [-0.39, 0.29) is 24.2 Å². The van der Waals surface area contributed by atoms with Crippen molar-refractivity contribution in [2.45, 2.75) is 38.3 Å². The van der Waals surface area contributed by atoms with E-state index in [1.807, 2.05) is 13.8 Å². The zero-order valence-electron chi connectivity index (χ0n) is 13.4. The van der Waals surface area contributed by atoms with Crippen LogP contribution in [0.5, 0.6) is 0 Å². The highest BCUT2D eigenvalue weighted by Gasteiger charge is 2.24. The van der Waals surface area contributed by atoms with E-state index in [1.54, 1.807) is 24.3 Å². The number of hydrogen-bond donors (Lipinski definition) is 3. The Labute approximate surface area is 142 Å². The predicted molar refractivity (Wildman–Crippen MR) is 91.9 cm³/mol. The number of hydrogen-bond acceptors (Lipinski definition) is 4. The van der Waals surface area contributed by atoms with E-state index in [2.05, 4.69) is 10.6 Å². The standard InChI is InChI=1S/C16H23N3O3.ClH/c1-16(2,10-17)19-14(20)11-5-3-6-12(9-11)18-15(21)13-7-4-8-22-13;/h3,5-6,9,13H,4,7-8,10,17H2,1-2H3,(H,18,21)(H,19,20);1H. The van der Waals surface area contributed by atoms with Gasteiger partial charge in [-0.05, 0) is 44.9 Å². The van der Waals surface area contributed by atoms with Crippen molar-refractivity contribution in [1.29, 1.82) is 0 Å². The molecule has 23 heavy (non-hydrogen) atoms. The zero-order valence-corrected chi connectivity index (χ0v) is 14.2. The maximum atomic E-state index is 12.2. The molecule has 6 nitrogen and oxygen atoms in total. The van der Waals surface area contributed by atoms with E-state index in [1.165, 1.54) is 0 Å². The second-order valence-electron chi connectivity index (χ2n) is 6.11. The molecule has 7 heteroatoms. The van der Waals surface area contributed by atoms with Crippen molar-refractivity contribution in [2.75, 3.05) is 18.5 Å². The van der Waals surface area contributed by atoms with Gasteiger partial charge >= 0.3 is 0 Å². The number of ether oxygens (including phenoxy) is 1. The third-order valence-electron chi connectivity index (χ3n) is 3.58. The van der Waals surface area contributed by atoms with Gasteiger partial charge in [0.2, 0.25) is 0 Å². The topological polar surface area (TPSA) is 93.5 Å². The summed E-state index contributed by atoms with van der Waals surface area (Å²) in [6.45, 7) is 4.67. The summed E-state index contributed by atoms with van der Waals surface area (Å²) in [5.41, 5.74) is 6.20. The Hall–Kier alpha value is -1.63. The summed E-state index contributed by atoms with van der Waals surface area (Å²) >= 11 is 0. The Kier molecular flexibility index (Phi) is 7.00. The second kappa shape index (κ2) is 8.29. The third-order valence-corrected chi connectivity index (χ3v) is 3.58. The lowest BCUT2D eigenvalue weighted by molar-refractivity contribution is -0.124. The van der Waals surface area contributed by atoms with E-state index >= 15 is 0 Å². The monoisotopic (exact) mass is 341 g/mol. The molecule has 0 aliphatic carbocycles. The van der Waals surface area contributed by atoms with Gasteiger partial charge in [0.25, 0.3) is 11.8 Å². The molecule has 2 amide bonds. The van der Waals surface area contributed by atoms with Crippen LogP contribution in [-0.4, -0.2) is 36.6 Å². The zero-order chi connectivity index (χ0) is 16.2. The molecular formula is C16H24ClN3O3. The lowest BCUT2D eigenvalue weighted by atomic mass is 10.0. The van der Waals surface area contributed by atoms with Crippen molar-refractivity contribution in [1.82, 2.24) is 5.32 Å². The van der Waals surface area contributed by atoms with Crippen LogP contribution in [0.3, 0.4) is 0 Å². The van der Waals surface area contributed by atoms with Crippen molar-refractivity contribution >= 4 is 29.9 Å². The smallest absolute Gasteiger partial charge is 0.253 e. The van der Waals surface area contributed by atoms with Gasteiger partial charge in [0.1, 0.15) is 6.10 Å². The van der Waals surface area contributed by atoms with Crippen LogP contribution < -0.4 is 16.4 Å². The minimum Gasteiger partial charge on any atom is -0.368 e. The molecule has 0 aromatic heterocycles. The molecule has 2 rings (SSSR count). The highest BCUT2D eigenvalue weighted by Crippen LogP contribution is 2.16. The van der Waals surface area contributed by atoms with Crippen molar-refractivity contribution < 1.29 is 14.3 Å². The summed E-state index contributed by atoms with van der Waals surface area (Å²) in [5, 5.41) is 5.64. The number of amides is 2. The average molecular weight is 342 g/mol. The summed E-state index contributed by atoms with van der Waals surface area (Å²) in [6.07, 6.45) is 1.24. The molecule has 0 spiro atoms. The molecule has 1 aromatic carbocycles. The number of carbonyl (C=O) groups is 2. The normalized spacial score (nSPS) is 17.3. The van der Waals surface area contributed by atoms with Crippen molar-refractivity contribution in [2.24, 2.45) is 5.73 Å². The first-order valence-electron chi connectivity index (χ1n) is 7.46. The van der Waals surface area contributed by atoms with Crippen LogP contribution in [0, 0.1) is 0 Å². The van der Waals surface area contributed by atoms with Gasteiger partial charge in [0.05, 0.1) is 0 Å². The van der Waals surface area contributed by atoms with Crippen LogP contribution in [0.15, 0.2) is 24.3 Å². The van der Waals surface area contributed by atoms with Crippen molar-refractivity contribution in [3.63, 3.8) is 0 Å². The van der Waals surface area contributed by atoms with Crippen LogP contribution >= 0.6 is 12.4 Å². The summed E-state index contributed by atoms with van der Waals surface area (Å²) in [6, 6.07) is 6.83. The summed E-state index contributed by atoms with van der Waals surface area (Å²) < 4.78 is 5.34. The van der Waals surface area contributed by atoms with Gasteiger partial charge in [0, 0.05) is 29.9 Å². The molecule has 0 saturated carbocycles. The quantitative estimate of drug-likeness (QED) is 0.759. The molecule has 1 aliphatic rings.